The second-order valence-corrected chi connectivity index (χ2v) is 5.44. The number of carbonyl (C=O) groups excluding carboxylic acids is 1. The van der Waals surface area contributed by atoms with Gasteiger partial charge in [0.05, 0.1) is 25.9 Å². The fourth-order valence-corrected chi connectivity index (χ4v) is 2.71. The largest absolute Gasteiger partial charge is 0.469 e. The molecular formula is C17H23NO4. The molecule has 0 spiro atoms. The van der Waals surface area contributed by atoms with Crippen LogP contribution >= 0.6 is 0 Å². The Morgan fingerprint density at radius 2 is 2.32 bits per heavy atom. The van der Waals surface area contributed by atoms with Crippen molar-refractivity contribution in [2.45, 2.75) is 37.9 Å². The quantitative estimate of drug-likeness (QED) is 0.619. The Bertz CT molecular complexity index is 489. The first-order valence-corrected chi connectivity index (χ1v) is 7.63. The predicted octanol–water partition coefficient (Wildman–Crippen LogP) is 2.42. The number of aliphatic hydroxyl groups is 1. The number of carbonyl (C=O) groups is 1. The van der Waals surface area contributed by atoms with Crippen LogP contribution in [0.25, 0.3) is 0 Å². The SMILES string of the molecule is COC(=O)CCC=CCC[C@@H]1[C@@H](c2cccnc2)OC[C@@H]1O. The average Bonchev–Trinajstić information content (AvgIpc) is 2.92. The smallest absolute Gasteiger partial charge is 0.305 e. The third-order valence-electron chi connectivity index (χ3n) is 3.92. The number of aromatic nitrogens is 1. The predicted molar refractivity (Wildman–Crippen MR) is 82.1 cm³/mol. The molecule has 1 saturated heterocycles. The van der Waals surface area contributed by atoms with E-state index in [1.54, 1.807) is 12.4 Å². The second-order valence-electron chi connectivity index (χ2n) is 5.44. The van der Waals surface area contributed by atoms with E-state index in [1.807, 2.05) is 24.3 Å². The molecule has 5 heteroatoms. The van der Waals surface area contributed by atoms with E-state index < -0.39 is 6.10 Å². The van der Waals surface area contributed by atoms with Crippen LogP contribution in [0.1, 0.15) is 37.4 Å². The van der Waals surface area contributed by atoms with Crippen LogP contribution < -0.4 is 0 Å². The third kappa shape index (κ3) is 4.64. The van der Waals surface area contributed by atoms with E-state index in [9.17, 15) is 9.90 Å². The van der Waals surface area contributed by atoms with Gasteiger partial charge in [-0.05, 0) is 30.9 Å². The zero-order chi connectivity index (χ0) is 15.8. The number of ether oxygens (including phenoxy) is 2. The lowest BCUT2D eigenvalue weighted by molar-refractivity contribution is -0.140. The Labute approximate surface area is 131 Å². The van der Waals surface area contributed by atoms with Gasteiger partial charge < -0.3 is 14.6 Å². The molecule has 0 aliphatic carbocycles. The molecule has 2 rings (SSSR count). The van der Waals surface area contributed by atoms with Crippen molar-refractivity contribution in [2.24, 2.45) is 5.92 Å². The van der Waals surface area contributed by atoms with Crippen LogP contribution in [0, 0.1) is 5.92 Å². The summed E-state index contributed by atoms with van der Waals surface area (Å²) >= 11 is 0. The number of allylic oxidation sites excluding steroid dienone is 2. The minimum Gasteiger partial charge on any atom is -0.469 e. The van der Waals surface area contributed by atoms with E-state index in [-0.39, 0.29) is 18.0 Å². The first kappa shape index (κ1) is 16.6. The third-order valence-corrected chi connectivity index (χ3v) is 3.92. The number of methoxy groups -OCH3 is 1. The molecule has 1 N–H and O–H groups in total. The van der Waals surface area contributed by atoms with Gasteiger partial charge in [0.15, 0.2) is 0 Å². The highest BCUT2D eigenvalue weighted by Crippen LogP contribution is 2.37. The van der Waals surface area contributed by atoms with Crippen LogP contribution in [-0.4, -0.2) is 35.9 Å². The van der Waals surface area contributed by atoms with Crippen molar-refractivity contribution in [2.75, 3.05) is 13.7 Å². The molecule has 3 atom stereocenters. The van der Waals surface area contributed by atoms with Gasteiger partial charge in [0.2, 0.25) is 0 Å². The zero-order valence-electron chi connectivity index (χ0n) is 12.9. The Hall–Kier alpha value is -1.72. The molecule has 0 amide bonds. The minimum atomic E-state index is -0.436. The maximum atomic E-state index is 11.0. The van der Waals surface area contributed by atoms with Crippen molar-refractivity contribution in [3.8, 4) is 0 Å². The van der Waals surface area contributed by atoms with Crippen molar-refractivity contribution in [3.05, 3.63) is 42.2 Å². The van der Waals surface area contributed by atoms with E-state index in [4.69, 9.17) is 4.74 Å². The molecule has 1 fully saturated rings. The number of nitrogens with zero attached hydrogens (tertiary/aromatic N) is 1. The molecule has 1 aliphatic rings. The van der Waals surface area contributed by atoms with Crippen LogP contribution in [0.15, 0.2) is 36.7 Å². The first-order valence-electron chi connectivity index (χ1n) is 7.63. The molecule has 0 aromatic carbocycles. The van der Waals surface area contributed by atoms with Crippen molar-refractivity contribution < 1.29 is 19.4 Å². The molecule has 120 valence electrons. The van der Waals surface area contributed by atoms with Crippen molar-refractivity contribution in [3.63, 3.8) is 0 Å². The zero-order valence-corrected chi connectivity index (χ0v) is 12.9. The summed E-state index contributed by atoms with van der Waals surface area (Å²) < 4.78 is 10.3. The number of rotatable bonds is 7. The van der Waals surface area contributed by atoms with E-state index in [0.717, 1.165) is 18.4 Å². The maximum absolute atomic E-state index is 11.0. The summed E-state index contributed by atoms with van der Waals surface area (Å²) in [6.45, 7) is 0.371. The fourth-order valence-electron chi connectivity index (χ4n) is 2.71. The standard InChI is InChI=1S/C17H23NO4/c1-21-16(20)9-5-3-2-4-8-14-15(19)12-22-17(14)13-7-6-10-18-11-13/h2-3,6-7,10-11,14-15,17,19H,4-5,8-9,12H2,1H3/t14-,15-,17+/m0/s1. The minimum absolute atomic E-state index is 0.0782. The number of esters is 1. The van der Waals surface area contributed by atoms with Gasteiger partial charge in [-0.2, -0.15) is 0 Å². The fraction of sp³-hybridized carbons (Fsp3) is 0.529. The van der Waals surface area contributed by atoms with Crippen LogP contribution in [0.4, 0.5) is 0 Å². The van der Waals surface area contributed by atoms with Crippen molar-refractivity contribution in [1.82, 2.24) is 4.98 Å². The Morgan fingerprint density at radius 1 is 1.50 bits per heavy atom. The van der Waals surface area contributed by atoms with E-state index in [0.29, 0.717) is 19.4 Å². The van der Waals surface area contributed by atoms with Crippen molar-refractivity contribution in [1.29, 1.82) is 0 Å². The molecule has 0 bridgehead atoms. The molecule has 0 unspecified atom stereocenters. The molecule has 1 aromatic rings. The Kier molecular flexibility index (Phi) is 6.55. The van der Waals surface area contributed by atoms with Crippen LogP contribution in [-0.2, 0) is 14.3 Å². The first-order chi connectivity index (χ1) is 10.7. The van der Waals surface area contributed by atoms with Gasteiger partial charge in [-0.1, -0.05) is 18.2 Å². The molecule has 0 saturated carbocycles. The maximum Gasteiger partial charge on any atom is 0.305 e. The lowest BCUT2D eigenvalue weighted by atomic mass is 9.90. The van der Waals surface area contributed by atoms with Gasteiger partial charge in [-0.3, -0.25) is 9.78 Å². The molecule has 2 heterocycles. The summed E-state index contributed by atoms with van der Waals surface area (Å²) in [5, 5.41) is 10.1. The molecule has 0 radical (unpaired) electrons. The summed E-state index contributed by atoms with van der Waals surface area (Å²) in [6, 6.07) is 3.86. The highest BCUT2D eigenvalue weighted by molar-refractivity contribution is 5.69. The molecule has 22 heavy (non-hydrogen) atoms. The molecule has 5 nitrogen and oxygen atoms in total. The molecule has 1 aliphatic heterocycles. The van der Waals surface area contributed by atoms with Gasteiger partial charge >= 0.3 is 5.97 Å². The number of hydrogen-bond acceptors (Lipinski definition) is 5. The summed E-state index contributed by atoms with van der Waals surface area (Å²) in [4.78, 5) is 15.1. The Morgan fingerprint density at radius 3 is 3.05 bits per heavy atom. The van der Waals surface area contributed by atoms with Gasteiger partial charge in [-0.25, -0.2) is 0 Å². The lowest BCUT2D eigenvalue weighted by Gasteiger charge is -2.19. The number of aliphatic hydroxyl groups excluding tert-OH is 1. The van der Waals surface area contributed by atoms with Crippen LogP contribution in [0.2, 0.25) is 0 Å². The second kappa shape index (κ2) is 8.66. The van der Waals surface area contributed by atoms with Gasteiger partial charge in [0.1, 0.15) is 0 Å². The van der Waals surface area contributed by atoms with Gasteiger partial charge in [0.25, 0.3) is 0 Å². The summed E-state index contributed by atoms with van der Waals surface area (Å²) in [5.41, 5.74) is 1.01. The van der Waals surface area contributed by atoms with E-state index in [2.05, 4.69) is 9.72 Å². The van der Waals surface area contributed by atoms with E-state index in [1.165, 1.54) is 7.11 Å². The van der Waals surface area contributed by atoms with Gasteiger partial charge in [0, 0.05) is 24.7 Å². The van der Waals surface area contributed by atoms with Crippen molar-refractivity contribution >= 4 is 5.97 Å². The average molecular weight is 305 g/mol. The molecule has 1 aromatic heterocycles. The molecular weight excluding hydrogens is 282 g/mol. The highest BCUT2D eigenvalue weighted by atomic mass is 16.5. The van der Waals surface area contributed by atoms with Gasteiger partial charge in [-0.15, -0.1) is 0 Å². The van der Waals surface area contributed by atoms with Crippen LogP contribution in [0.5, 0.6) is 0 Å². The normalized spacial score (nSPS) is 24.7. The number of hydrogen-bond donors (Lipinski definition) is 1. The monoisotopic (exact) mass is 305 g/mol. The topological polar surface area (TPSA) is 68.7 Å². The van der Waals surface area contributed by atoms with E-state index >= 15 is 0 Å². The summed E-state index contributed by atoms with van der Waals surface area (Å²) in [6.07, 6.45) is 9.81. The Balaban J connectivity index is 1.80. The van der Waals surface area contributed by atoms with Crippen LogP contribution in [0.3, 0.4) is 0 Å². The summed E-state index contributed by atoms with van der Waals surface area (Å²) in [5.74, 6) is -0.115. The summed E-state index contributed by atoms with van der Waals surface area (Å²) in [7, 11) is 1.39. The highest BCUT2D eigenvalue weighted by Gasteiger charge is 2.36. The number of pyridine rings is 1. The lowest BCUT2D eigenvalue weighted by Crippen LogP contribution is -2.19.